The highest BCUT2D eigenvalue weighted by Crippen LogP contribution is 2.15. The van der Waals surface area contributed by atoms with Gasteiger partial charge in [-0.1, -0.05) is 18.2 Å². The zero-order chi connectivity index (χ0) is 19.2. The van der Waals surface area contributed by atoms with E-state index in [1.54, 1.807) is 42.5 Å². The second-order valence-electron chi connectivity index (χ2n) is 5.37. The zero-order valence-corrected chi connectivity index (χ0v) is 15.0. The van der Waals surface area contributed by atoms with Gasteiger partial charge < -0.3 is 10.6 Å². The number of carbonyl (C=O) groups is 2. The molecule has 0 spiro atoms. The first-order valence-electron chi connectivity index (χ1n) is 7.95. The summed E-state index contributed by atoms with van der Waals surface area (Å²) >= 11 is 1.33. The van der Waals surface area contributed by atoms with E-state index in [0.29, 0.717) is 22.8 Å². The molecule has 0 aliphatic heterocycles. The highest BCUT2D eigenvalue weighted by atomic mass is 32.1. The highest BCUT2D eigenvalue weighted by molar-refractivity contribution is 7.12. The Morgan fingerprint density at radius 2 is 2.00 bits per heavy atom. The Morgan fingerprint density at radius 1 is 1.19 bits per heavy atom. The van der Waals surface area contributed by atoms with Crippen molar-refractivity contribution in [1.29, 1.82) is 0 Å². The molecule has 3 aromatic rings. The van der Waals surface area contributed by atoms with Gasteiger partial charge in [0.15, 0.2) is 0 Å². The van der Waals surface area contributed by atoms with Gasteiger partial charge in [-0.25, -0.2) is 4.79 Å². The molecule has 0 bridgehead atoms. The highest BCUT2D eigenvalue weighted by Gasteiger charge is 2.15. The number of nitrogens with one attached hydrogen (secondary N) is 2. The van der Waals surface area contributed by atoms with E-state index in [-0.39, 0.29) is 12.5 Å². The average Bonchev–Trinajstić information content (AvgIpc) is 3.31. The molecule has 0 unspecified atom stereocenters. The zero-order valence-electron chi connectivity index (χ0n) is 14.2. The van der Waals surface area contributed by atoms with E-state index >= 15 is 0 Å². The molecule has 138 valence electrons. The fraction of sp³-hybridized carbons (Fsp3) is 0.118. The maximum Gasteiger partial charge on any atom is 0.369 e. The number of hydrogen-bond acceptors (Lipinski definition) is 6. The van der Waals surface area contributed by atoms with Crippen LogP contribution in [0.2, 0.25) is 0 Å². The molecule has 10 heteroatoms. The first-order chi connectivity index (χ1) is 13.1. The number of thiophene rings is 1. The van der Waals surface area contributed by atoms with Crippen LogP contribution in [0.15, 0.2) is 59.2 Å². The van der Waals surface area contributed by atoms with Gasteiger partial charge in [-0.05, 0) is 40.1 Å². The van der Waals surface area contributed by atoms with Gasteiger partial charge >= 0.3 is 5.69 Å². The number of tetrazole rings is 1. The summed E-state index contributed by atoms with van der Waals surface area (Å²) in [7, 11) is 0. The van der Waals surface area contributed by atoms with E-state index in [1.807, 2.05) is 5.38 Å². The van der Waals surface area contributed by atoms with Crippen molar-refractivity contribution in [3.8, 4) is 5.00 Å². The van der Waals surface area contributed by atoms with Crippen LogP contribution in [0.25, 0.3) is 5.00 Å². The van der Waals surface area contributed by atoms with E-state index in [1.165, 1.54) is 11.3 Å². The van der Waals surface area contributed by atoms with E-state index in [2.05, 4.69) is 27.6 Å². The number of aromatic nitrogens is 4. The van der Waals surface area contributed by atoms with Gasteiger partial charge in [0.05, 0.1) is 11.3 Å². The molecule has 2 N–H and O–H groups in total. The smallest absolute Gasteiger partial charge is 0.349 e. The van der Waals surface area contributed by atoms with Gasteiger partial charge in [0.1, 0.15) is 11.5 Å². The van der Waals surface area contributed by atoms with Crippen LogP contribution in [0.1, 0.15) is 10.4 Å². The molecule has 0 fully saturated rings. The largest absolute Gasteiger partial charge is 0.369 e. The topological polar surface area (TPSA) is 111 Å². The predicted octanol–water partition coefficient (Wildman–Crippen LogP) is 1.04. The van der Waals surface area contributed by atoms with E-state index in [4.69, 9.17) is 0 Å². The van der Waals surface area contributed by atoms with Crippen LogP contribution in [0, 0.1) is 0 Å². The van der Waals surface area contributed by atoms with Crippen LogP contribution in [0.4, 0.5) is 5.69 Å². The Kier molecular flexibility index (Phi) is 5.57. The molecule has 0 aliphatic carbocycles. The maximum atomic E-state index is 12.3. The normalized spacial score (nSPS) is 10.4. The average molecular weight is 384 g/mol. The molecule has 27 heavy (non-hydrogen) atoms. The number of anilines is 1. The lowest BCUT2D eigenvalue weighted by atomic mass is 10.1. The van der Waals surface area contributed by atoms with E-state index in [0.717, 1.165) is 9.36 Å². The summed E-state index contributed by atoms with van der Waals surface area (Å²) in [5, 5.41) is 15.2. The van der Waals surface area contributed by atoms with Crippen molar-refractivity contribution in [2.75, 3.05) is 11.9 Å². The minimum Gasteiger partial charge on any atom is -0.349 e. The lowest BCUT2D eigenvalue weighted by Gasteiger charge is -2.10. The number of amides is 2. The molecule has 1 aromatic carbocycles. The van der Waals surface area contributed by atoms with Crippen molar-refractivity contribution < 1.29 is 9.59 Å². The van der Waals surface area contributed by atoms with Crippen LogP contribution in [0.3, 0.4) is 0 Å². The summed E-state index contributed by atoms with van der Waals surface area (Å²) in [5.74, 6) is -0.842. The van der Waals surface area contributed by atoms with Gasteiger partial charge in [0, 0.05) is 6.54 Å². The fourth-order valence-corrected chi connectivity index (χ4v) is 2.95. The molecule has 3 rings (SSSR count). The minimum absolute atomic E-state index is 0.308. The lowest BCUT2D eigenvalue weighted by molar-refractivity contribution is -0.117. The number of para-hydroxylation sites is 1. The summed E-state index contributed by atoms with van der Waals surface area (Å²) in [5.41, 5.74) is 0.120. The van der Waals surface area contributed by atoms with Gasteiger partial charge in [-0.3, -0.25) is 9.59 Å². The summed E-state index contributed by atoms with van der Waals surface area (Å²) in [6.45, 7) is 3.52. The molecule has 0 saturated heterocycles. The molecule has 0 aliphatic rings. The van der Waals surface area contributed by atoms with Crippen molar-refractivity contribution in [1.82, 2.24) is 25.1 Å². The Hall–Kier alpha value is -3.53. The third kappa shape index (κ3) is 4.18. The van der Waals surface area contributed by atoms with Crippen LogP contribution in [-0.4, -0.2) is 38.1 Å². The fourth-order valence-electron chi connectivity index (χ4n) is 2.28. The van der Waals surface area contributed by atoms with Crippen molar-refractivity contribution in [2.45, 2.75) is 6.54 Å². The van der Waals surface area contributed by atoms with Crippen LogP contribution < -0.4 is 16.3 Å². The summed E-state index contributed by atoms with van der Waals surface area (Å²) < 4.78 is 2.07. The minimum atomic E-state index is -0.524. The number of benzene rings is 1. The SMILES string of the molecule is C=CCNC(=O)c1ccccc1NC(=O)Cn1nnn(-c2cccs2)c1=O. The molecule has 9 nitrogen and oxygen atoms in total. The predicted molar refractivity (Wildman–Crippen MR) is 101 cm³/mol. The third-order valence-electron chi connectivity index (χ3n) is 3.50. The van der Waals surface area contributed by atoms with Crippen molar-refractivity contribution in [2.24, 2.45) is 0 Å². The molecular weight excluding hydrogens is 368 g/mol. The Morgan fingerprint density at radius 3 is 2.74 bits per heavy atom. The van der Waals surface area contributed by atoms with Crippen molar-refractivity contribution in [3.05, 3.63) is 70.5 Å². The lowest BCUT2D eigenvalue weighted by Crippen LogP contribution is -2.30. The molecule has 2 aromatic heterocycles. The van der Waals surface area contributed by atoms with E-state index in [9.17, 15) is 14.4 Å². The van der Waals surface area contributed by atoms with Crippen LogP contribution in [0.5, 0.6) is 0 Å². The molecule has 0 saturated carbocycles. The summed E-state index contributed by atoms with van der Waals surface area (Å²) in [6, 6.07) is 10.1. The first kappa shape index (κ1) is 18.3. The summed E-state index contributed by atoms with van der Waals surface area (Å²) in [4.78, 5) is 36.8. The summed E-state index contributed by atoms with van der Waals surface area (Å²) in [6.07, 6.45) is 1.56. The number of rotatable bonds is 7. The van der Waals surface area contributed by atoms with Crippen molar-refractivity contribution >= 4 is 28.8 Å². The molecule has 2 amide bonds. The Balaban J connectivity index is 1.73. The Bertz CT molecular complexity index is 1020. The van der Waals surface area contributed by atoms with Crippen molar-refractivity contribution in [3.63, 3.8) is 0 Å². The molecule has 2 heterocycles. The molecular formula is C17H16N6O3S. The number of carbonyl (C=O) groups excluding carboxylic acids is 2. The first-order valence-corrected chi connectivity index (χ1v) is 8.83. The number of nitrogens with zero attached hydrogens (tertiary/aromatic N) is 4. The third-order valence-corrected chi connectivity index (χ3v) is 4.34. The van der Waals surface area contributed by atoms with Gasteiger partial charge in [0.25, 0.3) is 5.91 Å². The maximum absolute atomic E-state index is 12.3. The van der Waals surface area contributed by atoms with E-state index < -0.39 is 11.6 Å². The van der Waals surface area contributed by atoms with Gasteiger partial charge in [-0.2, -0.15) is 9.36 Å². The van der Waals surface area contributed by atoms with Crippen LogP contribution >= 0.6 is 11.3 Å². The van der Waals surface area contributed by atoms with Crippen LogP contribution in [-0.2, 0) is 11.3 Å². The number of hydrogen-bond donors (Lipinski definition) is 2. The molecule has 0 radical (unpaired) electrons. The Labute approximate surface area is 157 Å². The quantitative estimate of drug-likeness (QED) is 0.592. The monoisotopic (exact) mass is 384 g/mol. The van der Waals surface area contributed by atoms with Gasteiger partial charge in [-0.15, -0.1) is 17.9 Å². The molecule has 0 atom stereocenters. The standard InChI is InChI=1S/C17H16N6O3S/c1-2-9-18-16(25)12-6-3-4-7-13(12)19-14(24)11-22-17(26)23(21-20-22)15-8-5-10-27-15/h2-8,10H,1,9,11H2,(H,18,25)(H,19,24). The second-order valence-corrected chi connectivity index (χ2v) is 6.30. The second kappa shape index (κ2) is 8.23. The van der Waals surface area contributed by atoms with Gasteiger partial charge in [0.2, 0.25) is 5.91 Å².